The van der Waals surface area contributed by atoms with E-state index in [0.29, 0.717) is 30.8 Å². The molecule has 194 valence electrons. The number of nitrogens with one attached hydrogen (secondary N) is 2. The van der Waals surface area contributed by atoms with E-state index in [2.05, 4.69) is 57.4 Å². The second-order valence-electron chi connectivity index (χ2n) is 7.62. The SMILES string of the molecule is COC(=O)COc1c(Br)cc(/C=N\NC(=O)c2ccc(-c3csc(Nc4ccc(Cl)cc4)n3)cc2)cc1Br. The Morgan fingerprint density at radius 2 is 1.76 bits per heavy atom. The number of carbonyl (C=O) groups excluding carboxylic acids is 2. The van der Waals surface area contributed by atoms with Gasteiger partial charge in [0.25, 0.3) is 5.91 Å². The van der Waals surface area contributed by atoms with Gasteiger partial charge >= 0.3 is 5.97 Å². The first-order valence-electron chi connectivity index (χ1n) is 10.9. The number of ether oxygens (including phenoxy) is 2. The summed E-state index contributed by atoms with van der Waals surface area (Å²) in [6.07, 6.45) is 1.50. The molecule has 0 saturated heterocycles. The van der Waals surface area contributed by atoms with Crippen LogP contribution in [0.3, 0.4) is 0 Å². The van der Waals surface area contributed by atoms with Crippen molar-refractivity contribution in [2.45, 2.75) is 0 Å². The summed E-state index contributed by atoms with van der Waals surface area (Å²) in [4.78, 5) is 28.5. The van der Waals surface area contributed by atoms with Crippen LogP contribution in [0.2, 0.25) is 5.02 Å². The molecule has 0 spiro atoms. The molecule has 0 aliphatic heterocycles. The van der Waals surface area contributed by atoms with Gasteiger partial charge in [0.15, 0.2) is 11.7 Å². The van der Waals surface area contributed by atoms with Crippen molar-refractivity contribution < 1.29 is 19.1 Å². The molecule has 8 nitrogen and oxygen atoms in total. The molecular formula is C26H19Br2ClN4O4S. The van der Waals surface area contributed by atoms with Crippen molar-refractivity contribution in [2.75, 3.05) is 19.0 Å². The number of hydrogen-bond acceptors (Lipinski definition) is 8. The van der Waals surface area contributed by atoms with Gasteiger partial charge < -0.3 is 14.8 Å². The Hall–Kier alpha value is -3.25. The van der Waals surface area contributed by atoms with Crippen LogP contribution in [-0.4, -0.2) is 36.8 Å². The minimum Gasteiger partial charge on any atom is -0.480 e. The predicted molar refractivity (Wildman–Crippen MR) is 157 cm³/mol. The molecule has 0 aliphatic rings. The lowest BCUT2D eigenvalue weighted by atomic mass is 10.1. The molecule has 38 heavy (non-hydrogen) atoms. The third-order valence-electron chi connectivity index (χ3n) is 5.00. The van der Waals surface area contributed by atoms with Gasteiger partial charge in [-0.05, 0) is 86.0 Å². The number of amides is 1. The summed E-state index contributed by atoms with van der Waals surface area (Å²) in [5.41, 5.74) is 6.24. The number of rotatable bonds is 9. The Labute approximate surface area is 244 Å². The molecule has 1 heterocycles. The lowest BCUT2D eigenvalue weighted by Gasteiger charge is -2.10. The molecular weight excluding hydrogens is 660 g/mol. The molecule has 0 radical (unpaired) electrons. The molecule has 0 saturated carbocycles. The van der Waals surface area contributed by atoms with Gasteiger partial charge in [0.05, 0.1) is 28.0 Å². The van der Waals surface area contributed by atoms with Crippen LogP contribution in [0.5, 0.6) is 5.75 Å². The topological polar surface area (TPSA) is 102 Å². The molecule has 1 aromatic heterocycles. The molecule has 12 heteroatoms. The first-order valence-corrected chi connectivity index (χ1v) is 13.8. The Morgan fingerprint density at radius 1 is 1.08 bits per heavy atom. The summed E-state index contributed by atoms with van der Waals surface area (Å²) in [6.45, 7) is -0.222. The second kappa shape index (κ2) is 13.0. The first-order chi connectivity index (χ1) is 18.3. The number of benzene rings is 3. The maximum Gasteiger partial charge on any atom is 0.343 e. The quantitative estimate of drug-likeness (QED) is 0.112. The minimum atomic E-state index is -0.493. The summed E-state index contributed by atoms with van der Waals surface area (Å²) < 4.78 is 11.2. The number of esters is 1. The van der Waals surface area contributed by atoms with Crippen LogP contribution in [0.25, 0.3) is 11.3 Å². The zero-order chi connectivity index (χ0) is 27.1. The Morgan fingerprint density at radius 3 is 2.42 bits per heavy atom. The Bertz CT molecular complexity index is 1450. The Kier molecular flexibility index (Phi) is 9.51. The fourth-order valence-electron chi connectivity index (χ4n) is 3.12. The van der Waals surface area contributed by atoms with E-state index < -0.39 is 5.97 Å². The number of anilines is 2. The van der Waals surface area contributed by atoms with E-state index in [-0.39, 0.29) is 12.5 Å². The number of hydrogen-bond donors (Lipinski definition) is 2. The van der Waals surface area contributed by atoms with E-state index in [1.165, 1.54) is 24.7 Å². The molecule has 0 aliphatic carbocycles. The maximum absolute atomic E-state index is 12.5. The number of carbonyl (C=O) groups is 2. The lowest BCUT2D eigenvalue weighted by molar-refractivity contribution is -0.142. The van der Waals surface area contributed by atoms with Crippen molar-refractivity contribution in [3.63, 3.8) is 0 Å². The fraction of sp³-hybridized carbons (Fsp3) is 0.0769. The number of hydrazone groups is 1. The highest BCUT2D eigenvalue weighted by Crippen LogP contribution is 2.34. The van der Waals surface area contributed by atoms with E-state index >= 15 is 0 Å². The zero-order valence-electron chi connectivity index (χ0n) is 19.7. The van der Waals surface area contributed by atoms with E-state index in [1.54, 1.807) is 24.3 Å². The van der Waals surface area contributed by atoms with Crippen LogP contribution in [0.15, 0.2) is 80.1 Å². The zero-order valence-corrected chi connectivity index (χ0v) is 24.4. The van der Waals surface area contributed by atoms with Gasteiger partial charge in [-0.3, -0.25) is 4.79 Å². The van der Waals surface area contributed by atoms with Crippen molar-refractivity contribution in [2.24, 2.45) is 5.10 Å². The molecule has 0 unspecified atom stereocenters. The molecule has 0 bridgehead atoms. The van der Waals surface area contributed by atoms with Crippen LogP contribution in [-0.2, 0) is 9.53 Å². The van der Waals surface area contributed by atoms with Gasteiger partial charge in [0, 0.05) is 27.2 Å². The Balaban J connectivity index is 1.34. The number of halogens is 3. The van der Waals surface area contributed by atoms with Gasteiger partial charge in [-0.1, -0.05) is 23.7 Å². The second-order valence-corrected chi connectivity index (χ2v) is 10.6. The average molecular weight is 679 g/mol. The number of methoxy groups -OCH3 is 1. The molecule has 0 atom stereocenters. The largest absolute Gasteiger partial charge is 0.480 e. The molecule has 0 fully saturated rings. The lowest BCUT2D eigenvalue weighted by Crippen LogP contribution is -2.17. The van der Waals surface area contributed by atoms with Gasteiger partial charge in [-0.25, -0.2) is 15.2 Å². The minimum absolute atomic E-state index is 0.222. The van der Waals surface area contributed by atoms with E-state index in [4.69, 9.17) is 16.3 Å². The smallest absolute Gasteiger partial charge is 0.343 e. The summed E-state index contributed by atoms with van der Waals surface area (Å²) in [7, 11) is 1.29. The fourth-order valence-corrected chi connectivity index (χ4v) is 5.44. The first kappa shape index (κ1) is 27.8. The highest BCUT2D eigenvalue weighted by molar-refractivity contribution is 9.11. The van der Waals surface area contributed by atoms with E-state index in [1.807, 2.05) is 41.8 Å². The van der Waals surface area contributed by atoms with E-state index in [0.717, 1.165) is 22.1 Å². The summed E-state index contributed by atoms with van der Waals surface area (Å²) in [6, 6.07) is 18.0. The van der Waals surface area contributed by atoms with Gasteiger partial charge in [-0.2, -0.15) is 5.10 Å². The monoisotopic (exact) mass is 676 g/mol. The van der Waals surface area contributed by atoms with Crippen LogP contribution in [0.4, 0.5) is 10.8 Å². The van der Waals surface area contributed by atoms with Crippen LogP contribution >= 0.6 is 54.8 Å². The highest BCUT2D eigenvalue weighted by atomic mass is 79.9. The standard InChI is InChI=1S/C26H19Br2ClN4O4S/c1-36-23(34)13-37-24-20(27)10-15(11-21(24)28)12-30-33-25(35)17-4-2-16(3-5-17)22-14-38-26(32-22)31-19-8-6-18(29)7-9-19/h2-12,14H,13H2,1H3,(H,31,32)(H,33,35)/b30-12-. The normalized spacial score (nSPS) is 10.8. The third-order valence-corrected chi connectivity index (χ3v) is 7.19. The van der Waals surface area contributed by atoms with Crippen LogP contribution in [0, 0.1) is 0 Å². The van der Waals surface area contributed by atoms with Crippen molar-refractivity contribution in [1.82, 2.24) is 10.4 Å². The molecule has 3 aromatic carbocycles. The molecule has 4 rings (SSSR count). The predicted octanol–water partition coefficient (Wildman–Crippen LogP) is 7.05. The molecule has 4 aromatic rings. The van der Waals surface area contributed by atoms with Crippen LogP contribution < -0.4 is 15.5 Å². The van der Waals surface area contributed by atoms with Gasteiger partial charge in [0.2, 0.25) is 0 Å². The molecule has 2 N–H and O–H groups in total. The van der Waals surface area contributed by atoms with Crippen LogP contribution in [0.1, 0.15) is 15.9 Å². The van der Waals surface area contributed by atoms with Crippen molar-refractivity contribution >= 4 is 83.7 Å². The van der Waals surface area contributed by atoms with E-state index in [9.17, 15) is 9.59 Å². The third kappa shape index (κ3) is 7.41. The average Bonchev–Trinajstić information content (AvgIpc) is 3.38. The summed E-state index contributed by atoms with van der Waals surface area (Å²) in [5.74, 6) is -0.398. The van der Waals surface area contributed by atoms with Crippen molar-refractivity contribution in [1.29, 1.82) is 0 Å². The number of aromatic nitrogens is 1. The van der Waals surface area contributed by atoms with Crippen molar-refractivity contribution in [3.8, 4) is 17.0 Å². The number of thiazole rings is 1. The maximum atomic E-state index is 12.5. The van der Waals surface area contributed by atoms with Gasteiger partial charge in [0.1, 0.15) is 5.75 Å². The molecule has 1 amide bonds. The summed E-state index contributed by atoms with van der Waals surface area (Å²) >= 11 is 14.2. The summed E-state index contributed by atoms with van der Waals surface area (Å²) in [5, 5.41) is 10.7. The highest BCUT2D eigenvalue weighted by Gasteiger charge is 2.12. The van der Waals surface area contributed by atoms with Crippen molar-refractivity contribution in [3.05, 3.63) is 91.1 Å². The number of nitrogens with zero attached hydrogens (tertiary/aromatic N) is 2. The van der Waals surface area contributed by atoms with Gasteiger partial charge in [-0.15, -0.1) is 11.3 Å².